The summed E-state index contributed by atoms with van der Waals surface area (Å²) >= 11 is 0. The van der Waals surface area contributed by atoms with E-state index in [9.17, 15) is 9.18 Å². The zero-order chi connectivity index (χ0) is 18.5. The fourth-order valence-corrected chi connectivity index (χ4v) is 3.13. The van der Waals surface area contributed by atoms with Gasteiger partial charge in [-0.2, -0.15) is 0 Å². The Hall–Kier alpha value is -2.82. The lowest BCUT2D eigenvalue weighted by Gasteiger charge is -2.36. The Bertz CT molecular complexity index is 811. The Kier molecular flexibility index (Phi) is 5.56. The van der Waals surface area contributed by atoms with E-state index in [0.29, 0.717) is 18.7 Å². The third kappa shape index (κ3) is 4.04. The van der Waals surface area contributed by atoms with Crippen molar-refractivity contribution in [2.24, 2.45) is 0 Å². The Balaban J connectivity index is 1.54. The molecule has 2 aromatic rings. The number of benzene rings is 2. The maximum atomic E-state index is 13.6. The Labute approximate surface area is 153 Å². The minimum atomic E-state index is -0.305. The Morgan fingerprint density at radius 1 is 1.04 bits per heavy atom. The summed E-state index contributed by atoms with van der Waals surface area (Å²) in [7, 11) is 0. The van der Waals surface area contributed by atoms with Gasteiger partial charge in [0.25, 0.3) is 0 Å². The van der Waals surface area contributed by atoms with Gasteiger partial charge < -0.3 is 15.1 Å². The highest BCUT2D eigenvalue weighted by molar-refractivity contribution is 5.76. The van der Waals surface area contributed by atoms with Crippen molar-refractivity contribution in [3.63, 3.8) is 0 Å². The van der Waals surface area contributed by atoms with Gasteiger partial charge in [0, 0.05) is 43.6 Å². The number of aryl methyl sites for hydroxylation is 1. The highest BCUT2D eigenvalue weighted by Crippen LogP contribution is 2.23. The molecule has 1 heterocycles. The van der Waals surface area contributed by atoms with Crippen LogP contribution in [0.15, 0.2) is 48.7 Å². The second-order valence-corrected chi connectivity index (χ2v) is 6.50. The third-order valence-electron chi connectivity index (χ3n) is 4.86. The maximum absolute atomic E-state index is 13.6. The fraction of sp³-hybridized carbons (Fsp3) is 0.286. The molecule has 0 saturated carbocycles. The van der Waals surface area contributed by atoms with E-state index in [4.69, 9.17) is 0 Å². The number of hydrogen-bond acceptors (Lipinski definition) is 2. The Morgan fingerprint density at radius 2 is 1.77 bits per heavy atom. The number of halogens is 1. The van der Waals surface area contributed by atoms with Gasteiger partial charge in [-0.1, -0.05) is 30.3 Å². The predicted octanol–water partition coefficient (Wildman–Crippen LogP) is 3.95. The summed E-state index contributed by atoms with van der Waals surface area (Å²) in [4.78, 5) is 16.4. The van der Waals surface area contributed by atoms with Crippen LogP contribution >= 0.6 is 0 Å². The highest BCUT2D eigenvalue weighted by atomic mass is 19.1. The van der Waals surface area contributed by atoms with Crippen LogP contribution in [0, 0.1) is 19.7 Å². The average Bonchev–Trinajstić information content (AvgIpc) is 2.65. The van der Waals surface area contributed by atoms with E-state index in [-0.39, 0.29) is 11.8 Å². The van der Waals surface area contributed by atoms with Crippen LogP contribution in [-0.2, 0) is 0 Å². The molecule has 0 aliphatic carbocycles. The van der Waals surface area contributed by atoms with Gasteiger partial charge in [-0.15, -0.1) is 0 Å². The normalized spacial score (nSPS) is 14.7. The first kappa shape index (κ1) is 18.0. The number of carbonyl (C=O) groups excluding carboxylic acids is 1. The molecule has 0 unspecified atom stereocenters. The van der Waals surface area contributed by atoms with Crippen LogP contribution in [0.2, 0.25) is 0 Å². The largest absolute Gasteiger partial charge is 0.368 e. The summed E-state index contributed by atoms with van der Waals surface area (Å²) in [6.07, 6.45) is 3.07. The van der Waals surface area contributed by atoms with E-state index in [1.54, 1.807) is 29.2 Å². The fourth-order valence-electron chi connectivity index (χ4n) is 3.13. The van der Waals surface area contributed by atoms with E-state index in [0.717, 1.165) is 13.1 Å². The molecule has 2 amide bonds. The first-order chi connectivity index (χ1) is 12.6. The number of urea groups is 1. The molecule has 0 aromatic heterocycles. The number of rotatable bonds is 3. The smallest absolute Gasteiger partial charge is 0.321 e. The summed E-state index contributed by atoms with van der Waals surface area (Å²) in [5, 5.41) is 2.72. The molecular weight excluding hydrogens is 329 g/mol. The average molecular weight is 353 g/mol. The topological polar surface area (TPSA) is 35.6 Å². The van der Waals surface area contributed by atoms with Crippen LogP contribution in [-0.4, -0.2) is 37.1 Å². The van der Waals surface area contributed by atoms with Gasteiger partial charge in [-0.25, -0.2) is 9.18 Å². The lowest BCUT2D eigenvalue weighted by atomic mass is 10.1. The van der Waals surface area contributed by atoms with Gasteiger partial charge >= 0.3 is 6.03 Å². The van der Waals surface area contributed by atoms with Crippen LogP contribution in [0.3, 0.4) is 0 Å². The molecule has 0 bridgehead atoms. The number of nitrogens with one attached hydrogen (secondary N) is 1. The van der Waals surface area contributed by atoms with Crippen LogP contribution in [0.4, 0.5) is 14.9 Å². The van der Waals surface area contributed by atoms with Crippen molar-refractivity contribution in [2.75, 3.05) is 31.1 Å². The molecule has 2 aromatic carbocycles. The van der Waals surface area contributed by atoms with E-state index < -0.39 is 0 Å². The molecular formula is C21H24FN3O. The summed E-state index contributed by atoms with van der Waals surface area (Å²) in [5.74, 6) is -0.305. The molecule has 0 spiro atoms. The van der Waals surface area contributed by atoms with Gasteiger partial charge in [-0.3, -0.25) is 0 Å². The van der Waals surface area contributed by atoms with Crippen molar-refractivity contribution >= 4 is 17.8 Å². The zero-order valence-electron chi connectivity index (χ0n) is 15.2. The number of hydrogen-bond donors (Lipinski definition) is 1. The Morgan fingerprint density at radius 3 is 2.50 bits per heavy atom. The quantitative estimate of drug-likeness (QED) is 0.907. The highest BCUT2D eigenvalue weighted by Gasteiger charge is 2.21. The SMILES string of the molecule is Cc1cccc(N2CCN(C(=O)N/C=C/c3ccccc3F)CC2)c1C. The monoisotopic (exact) mass is 353 g/mol. The maximum Gasteiger partial charge on any atom is 0.321 e. The van der Waals surface area contributed by atoms with Gasteiger partial charge in [0.2, 0.25) is 0 Å². The van der Waals surface area contributed by atoms with Gasteiger partial charge in [-0.05, 0) is 43.2 Å². The van der Waals surface area contributed by atoms with E-state index in [2.05, 4.69) is 42.3 Å². The van der Waals surface area contributed by atoms with Crippen LogP contribution in [0.25, 0.3) is 6.08 Å². The number of anilines is 1. The molecule has 1 fully saturated rings. The molecule has 4 nitrogen and oxygen atoms in total. The predicted molar refractivity (Wildman–Crippen MR) is 104 cm³/mol. The minimum Gasteiger partial charge on any atom is -0.368 e. The second-order valence-electron chi connectivity index (χ2n) is 6.50. The summed E-state index contributed by atoms with van der Waals surface area (Å²) < 4.78 is 13.6. The van der Waals surface area contributed by atoms with Crippen molar-refractivity contribution in [1.82, 2.24) is 10.2 Å². The number of amides is 2. The van der Waals surface area contributed by atoms with Crippen molar-refractivity contribution in [3.8, 4) is 0 Å². The lowest BCUT2D eigenvalue weighted by Crippen LogP contribution is -2.51. The van der Waals surface area contributed by atoms with Crippen molar-refractivity contribution < 1.29 is 9.18 Å². The molecule has 1 aliphatic heterocycles. The minimum absolute atomic E-state index is 0.154. The number of nitrogens with zero attached hydrogens (tertiary/aromatic N) is 2. The van der Waals surface area contributed by atoms with E-state index >= 15 is 0 Å². The molecule has 0 radical (unpaired) electrons. The first-order valence-electron chi connectivity index (χ1n) is 8.84. The molecule has 1 aliphatic rings. The molecule has 5 heteroatoms. The number of piperazine rings is 1. The molecule has 1 N–H and O–H groups in total. The standard InChI is InChI=1S/C21H24FN3O/c1-16-6-5-9-20(17(16)2)24-12-14-25(15-13-24)21(26)23-11-10-18-7-3-4-8-19(18)22/h3-11H,12-15H2,1-2H3,(H,23,26)/b11-10+. The van der Waals surface area contributed by atoms with Crippen molar-refractivity contribution in [3.05, 3.63) is 71.2 Å². The first-order valence-corrected chi connectivity index (χ1v) is 8.84. The summed E-state index contributed by atoms with van der Waals surface area (Å²) in [5.41, 5.74) is 4.26. The van der Waals surface area contributed by atoms with Crippen LogP contribution < -0.4 is 10.2 Å². The van der Waals surface area contributed by atoms with Crippen LogP contribution in [0.1, 0.15) is 16.7 Å². The van der Waals surface area contributed by atoms with Gasteiger partial charge in [0.15, 0.2) is 0 Å². The van der Waals surface area contributed by atoms with E-state index in [1.165, 1.54) is 29.1 Å². The van der Waals surface area contributed by atoms with E-state index in [1.807, 2.05) is 0 Å². The molecule has 1 saturated heterocycles. The molecule has 136 valence electrons. The second kappa shape index (κ2) is 8.04. The van der Waals surface area contributed by atoms with Gasteiger partial charge in [0.1, 0.15) is 5.82 Å². The van der Waals surface area contributed by atoms with Crippen molar-refractivity contribution in [1.29, 1.82) is 0 Å². The molecule has 3 rings (SSSR count). The number of carbonyl (C=O) groups is 1. The molecule has 0 atom stereocenters. The summed E-state index contributed by atoms with van der Waals surface area (Å²) in [6, 6.07) is 12.6. The third-order valence-corrected chi connectivity index (χ3v) is 4.86. The van der Waals surface area contributed by atoms with Gasteiger partial charge in [0.05, 0.1) is 0 Å². The van der Waals surface area contributed by atoms with Crippen LogP contribution in [0.5, 0.6) is 0 Å². The zero-order valence-corrected chi connectivity index (χ0v) is 15.2. The lowest BCUT2D eigenvalue weighted by molar-refractivity contribution is 0.198. The summed E-state index contributed by atoms with van der Waals surface area (Å²) in [6.45, 7) is 7.17. The molecule has 26 heavy (non-hydrogen) atoms. The van der Waals surface area contributed by atoms with Crippen molar-refractivity contribution in [2.45, 2.75) is 13.8 Å².